The molecule has 2 aliphatic heterocycles. The summed E-state index contributed by atoms with van der Waals surface area (Å²) in [6.45, 7) is 2.00. The Labute approximate surface area is 410 Å². The topological polar surface area (TPSA) is 411 Å². The SMILES string of the molecule is CN1c2c(nc(N)[nH]c2=O)NCC1CNc1ccc(C(=O)N[C@@H](CCC(=O)[O-])C(=O)O)cc1.CN1c2c(nc(N)[nH]c2=O)NCC1CNc1ccc(C(=O)N[C@@H](CCC(=O)[O-])C(=O)O)cc1.[Ca+2]. The molecule has 0 saturated carbocycles. The van der Waals surface area contributed by atoms with E-state index in [0.29, 0.717) is 60.6 Å². The second-order valence-electron chi connectivity index (χ2n) is 15.1. The predicted molar refractivity (Wildman–Crippen MR) is 242 cm³/mol. The van der Waals surface area contributed by atoms with Crippen molar-refractivity contribution in [3.63, 3.8) is 0 Å². The molecule has 67 heavy (non-hydrogen) atoms. The summed E-state index contributed by atoms with van der Waals surface area (Å²) in [5, 5.41) is 56.7. The van der Waals surface area contributed by atoms with E-state index in [-0.39, 0.29) is 96.8 Å². The summed E-state index contributed by atoms with van der Waals surface area (Å²) in [5.74, 6) is -5.79. The van der Waals surface area contributed by atoms with Crippen LogP contribution in [-0.2, 0) is 19.2 Å². The van der Waals surface area contributed by atoms with Crippen LogP contribution in [0.15, 0.2) is 58.1 Å². The number of aromatic nitrogens is 4. The summed E-state index contributed by atoms with van der Waals surface area (Å²) < 4.78 is 0. The largest absolute Gasteiger partial charge is 2.00 e. The maximum Gasteiger partial charge on any atom is 2.00 e. The van der Waals surface area contributed by atoms with Crippen molar-refractivity contribution in [3.05, 3.63) is 80.4 Å². The smallest absolute Gasteiger partial charge is 0.550 e. The van der Waals surface area contributed by atoms with E-state index in [1.165, 1.54) is 24.3 Å². The zero-order valence-corrected chi connectivity index (χ0v) is 38.4. The van der Waals surface area contributed by atoms with Crippen LogP contribution in [0.4, 0.5) is 46.3 Å². The molecule has 6 rings (SSSR count). The third kappa shape index (κ3) is 14.3. The number of hydrogen-bond acceptors (Lipinski definition) is 20. The molecule has 14 N–H and O–H groups in total. The first-order valence-electron chi connectivity index (χ1n) is 20.2. The minimum atomic E-state index is -1.39. The van der Waals surface area contributed by atoms with Crippen molar-refractivity contribution in [1.82, 2.24) is 30.6 Å². The molecular weight excluding hydrogens is 909 g/mol. The van der Waals surface area contributed by atoms with Gasteiger partial charge in [-0.2, -0.15) is 9.97 Å². The van der Waals surface area contributed by atoms with Crippen molar-refractivity contribution in [2.75, 3.05) is 82.8 Å². The number of H-pyrrole nitrogens is 2. The molecule has 352 valence electrons. The maximum absolute atomic E-state index is 12.3. The molecule has 2 aromatic heterocycles. The molecule has 0 bridgehead atoms. The van der Waals surface area contributed by atoms with Crippen LogP contribution in [0.2, 0.25) is 0 Å². The second-order valence-corrected chi connectivity index (χ2v) is 15.1. The van der Waals surface area contributed by atoms with Crippen LogP contribution < -0.4 is 74.5 Å². The average Bonchev–Trinajstić information content (AvgIpc) is 3.25. The Hall–Kier alpha value is -7.32. The Morgan fingerprint density at radius 3 is 1.33 bits per heavy atom. The van der Waals surface area contributed by atoms with Crippen LogP contribution in [0.25, 0.3) is 0 Å². The summed E-state index contributed by atoms with van der Waals surface area (Å²) in [6, 6.07) is 9.88. The second kappa shape index (κ2) is 23.7. The number of nitrogens with zero attached hydrogens (tertiary/aromatic N) is 4. The van der Waals surface area contributed by atoms with E-state index in [9.17, 15) is 48.6 Å². The molecule has 2 aliphatic rings. The van der Waals surface area contributed by atoms with Gasteiger partial charge in [-0.25, -0.2) is 9.59 Å². The Morgan fingerprint density at radius 1 is 0.672 bits per heavy atom. The van der Waals surface area contributed by atoms with Gasteiger partial charge in [-0.05, 0) is 74.2 Å². The molecule has 2 unspecified atom stereocenters. The van der Waals surface area contributed by atoms with Crippen LogP contribution in [0.3, 0.4) is 0 Å². The van der Waals surface area contributed by atoms with Gasteiger partial charge < -0.3 is 83.2 Å². The predicted octanol–water partition coefficient (Wildman–Crippen LogP) is -3.57. The van der Waals surface area contributed by atoms with Crippen LogP contribution in [0.1, 0.15) is 46.4 Å². The quantitative estimate of drug-likeness (QED) is 0.0429. The summed E-state index contributed by atoms with van der Waals surface area (Å²) in [6.07, 6.45) is -1.52. The van der Waals surface area contributed by atoms with Crippen molar-refractivity contribution < 1.29 is 49.2 Å². The molecule has 0 aliphatic carbocycles. The number of nitrogen functional groups attached to an aromatic ring is 2. The molecule has 2 amide bonds. The van der Waals surface area contributed by atoms with Gasteiger partial charge in [0.2, 0.25) is 11.9 Å². The number of aliphatic carboxylic acids is 4. The van der Waals surface area contributed by atoms with Gasteiger partial charge in [0.1, 0.15) is 23.5 Å². The number of amides is 2. The van der Waals surface area contributed by atoms with E-state index in [4.69, 9.17) is 21.7 Å². The first kappa shape index (κ1) is 52.3. The van der Waals surface area contributed by atoms with E-state index in [0.717, 1.165) is 0 Å². The molecule has 4 heterocycles. The van der Waals surface area contributed by atoms with E-state index < -0.39 is 60.6 Å². The van der Waals surface area contributed by atoms with E-state index >= 15 is 0 Å². The number of nitrogens with one attached hydrogen (secondary N) is 8. The molecular formula is C40H48CaN14O12. The molecule has 4 atom stereocenters. The number of aromatic amines is 2. The fourth-order valence-corrected chi connectivity index (χ4v) is 6.83. The van der Waals surface area contributed by atoms with E-state index in [1.807, 2.05) is 9.80 Å². The van der Waals surface area contributed by atoms with Crippen molar-refractivity contribution in [1.29, 1.82) is 0 Å². The number of carbonyl (C=O) groups excluding carboxylic acids is 4. The fourth-order valence-electron chi connectivity index (χ4n) is 6.83. The Balaban J connectivity index is 0.000000288. The first-order valence-corrected chi connectivity index (χ1v) is 20.2. The number of hydrogen-bond donors (Lipinski definition) is 12. The fraction of sp³-hybridized carbons (Fsp3) is 0.350. The number of anilines is 8. The normalized spacial score (nSPS) is 15.4. The van der Waals surface area contributed by atoms with Gasteiger partial charge in [0.25, 0.3) is 22.9 Å². The summed E-state index contributed by atoms with van der Waals surface area (Å²) in [5.41, 5.74) is 13.1. The number of rotatable bonds is 18. The molecule has 26 nitrogen and oxygen atoms in total. The van der Waals surface area contributed by atoms with Gasteiger partial charge in [0, 0.05) is 74.7 Å². The summed E-state index contributed by atoms with van der Waals surface area (Å²) in [7, 11) is 3.57. The number of likely N-dealkylation sites (N-methyl/N-ethyl adjacent to an activating group) is 2. The first-order chi connectivity index (χ1) is 31.3. The Kier molecular flexibility index (Phi) is 18.5. The van der Waals surface area contributed by atoms with Gasteiger partial charge in [-0.1, -0.05) is 0 Å². The van der Waals surface area contributed by atoms with E-state index in [2.05, 4.69) is 51.8 Å². The van der Waals surface area contributed by atoms with Gasteiger partial charge in [-0.15, -0.1) is 0 Å². The Morgan fingerprint density at radius 2 is 1.01 bits per heavy atom. The molecule has 2 aromatic carbocycles. The minimum absolute atomic E-state index is 0. The van der Waals surface area contributed by atoms with E-state index in [1.54, 1.807) is 38.4 Å². The zero-order chi connectivity index (χ0) is 48.2. The van der Waals surface area contributed by atoms with Gasteiger partial charge in [-0.3, -0.25) is 29.1 Å². The monoisotopic (exact) mass is 956 g/mol. The van der Waals surface area contributed by atoms with Crippen molar-refractivity contribution in [2.45, 2.75) is 49.9 Å². The molecule has 0 spiro atoms. The van der Waals surface area contributed by atoms with Crippen molar-refractivity contribution in [2.24, 2.45) is 0 Å². The number of fused-ring (bicyclic) bond motifs is 2. The number of carboxylic acids is 4. The van der Waals surface area contributed by atoms with Crippen LogP contribution in [0.5, 0.6) is 0 Å². The number of carboxylic acid groups (broad SMARTS) is 4. The summed E-state index contributed by atoms with van der Waals surface area (Å²) in [4.78, 5) is 109. The van der Waals surface area contributed by atoms with Crippen LogP contribution in [0, 0.1) is 0 Å². The molecule has 0 radical (unpaired) electrons. The van der Waals surface area contributed by atoms with Crippen LogP contribution in [-0.4, -0.2) is 168 Å². The number of nitrogens with two attached hydrogens (primary N) is 2. The maximum atomic E-state index is 12.3. The van der Waals surface area contributed by atoms with Crippen molar-refractivity contribution >= 4 is 120 Å². The molecule has 27 heteroatoms. The number of benzene rings is 2. The van der Waals surface area contributed by atoms with Gasteiger partial charge in [0.15, 0.2) is 11.6 Å². The minimum Gasteiger partial charge on any atom is -0.550 e. The average molecular weight is 957 g/mol. The zero-order valence-electron chi connectivity index (χ0n) is 36.2. The van der Waals surface area contributed by atoms with Crippen molar-refractivity contribution in [3.8, 4) is 0 Å². The van der Waals surface area contributed by atoms with Gasteiger partial charge >= 0.3 is 49.7 Å². The molecule has 4 aromatic rings. The Bertz CT molecular complexity index is 2380. The molecule has 0 saturated heterocycles. The van der Waals surface area contributed by atoms with Crippen LogP contribution >= 0.6 is 0 Å². The molecule has 0 fully saturated rings. The standard InChI is InChI=1S/2C20H25N7O6.Ca/c2*1-27-12(9-23-16-15(27)18(31)26-20(21)25-16)8-22-11-4-2-10(3-5-11)17(30)24-13(19(32)33)6-7-14(28)29;/h2*2-5,12-13,22H,6-9H2,1H3,(H,24,30)(H,28,29)(H,32,33)(H4,21,23,25,26,31);/q;;+2/p-2/t2*12?,13-;/m00./s1. The number of carbonyl (C=O) groups is 6. The third-order valence-corrected chi connectivity index (χ3v) is 10.5. The third-order valence-electron chi connectivity index (χ3n) is 10.5. The van der Waals surface area contributed by atoms with Gasteiger partial charge in [0.05, 0.1) is 12.1 Å². The summed E-state index contributed by atoms with van der Waals surface area (Å²) >= 11 is 0.